The van der Waals surface area contributed by atoms with Crippen LogP contribution in [-0.2, 0) is 14.3 Å². The maximum Gasteiger partial charge on any atom is 0.310 e. The van der Waals surface area contributed by atoms with E-state index >= 15 is 0 Å². The normalized spacial score (nSPS) is 13.0. The van der Waals surface area contributed by atoms with Crippen molar-refractivity contribution in [2.45, 2.75) is 19.4 Å². The number of para-hydroxylation sites is 1. The van der Waals surface area contributed by atoms with E-state index in [2.05, 4.69) is 5.32 Å². The van der Waals surface area contributed by atoms with Crippen molar-refractivity contribution in [1.29, 1.82) is 0 Å². The summed E-state index contributed by atoms with van der Waals surface area (Å²) in [5.41, 5.74) is 0.537. The van der Waals surface area contributed by atoms with Gasteiger partial charge in [-0.05, 0) is 31.2 Å². The summed E-state index contributed by atoms with van der Waals surface area (Å²) in [7, 11) is 0. The number of fused-ring (bicyclic) bond motifs is 1. The van der Waals surface area contributed by atoms with E-state index in [0.29, 0.717) is 22.9 Å². The van der Waals surface area contributed by atoms with Crippen LogP contribution in [0.25, 0.3) is 0 Å². The molecule has 7 heteroatoms. The molecule has 0 aromatic heterocycles. The van der Waals surface area contributed by atoms with Gasteiger partial charge >= 0.3 is 5.97 Å². The van der Waals surface area contributed by atoms with Gasteiger partial charge in [0.25, 0.3) is 5.91 Å². The van der Waals surface area contributed by atoms with Crippen molar-refractivity contribution in [2.75, 3.05) is 18.7 Å². The minimum atomic E-state index is -0.926. The highest BCUT2D eigenvalue weighted by atomic mass is 16.7. The molecule has 1 aliphatic heterocycles. The molecule has 1 atom stereocenters. The van der Waals surface area contributed by atoms with Gasteiger partial charge in [-0.2, -0.15) is 0 Å². The molecule has 0 spiro atoms. The summed E-state index contributed by atoms with van der Waals surface area (Å²) in [5.74, 6) is 0.927. The number of hydrogen-bond donors (Lipinski definition) is 1. The van der Waals surface area contributed by atoms with E-state index in [1.54, 1.807) is 30.3 Å². The van der Waals surface area contributed by atoms with Gasteiger partial charge in [0.05, 0.1) is 13.0 Å². The zero-order valence-electron chi connectivity index (χ0n) is 14.3. The van der Waals surface area contributed by atoms with Gasteiger partial charge < -0.3 is 24.3 Å². The SMILES string of the molecule is C[C@H](OC(=O)CCOc1ccccc1)C(=O)Nc1ccc2c(c1)OCO2. The summed E-state index contributed by atoms with van der Waals surface area (Å²) in [6, 6.07) is 14.2. The molecule has 0 bridgehead atoms. The second-order valence-electron chi connectivity index (χ2n) is 5.60. The van der Waals surface area contributed by atoms with E-state index in [4.69, 9.17) is 18.9 Å². The van der Waals surface area contributed by atoms with Gasteiger partial charge in [0.15, 0.2) is 17.6 Å². The number of carbonyl (C=O) groups is 2. The Bertz CT molecular complexity index is 777. The number of nitrogens with one attached hydrogen (secondary N) is 1. The number of amides is 1. The van der Waals surface area contributed by atoms with Gasteiger partial charge in [0.2, 0.25) is 6.79 Å². The summed E-state index contributed by atoms with van der Waals surface area (Å²) in [5, 5.41) is 2.68. The number of benzene rings is 2. The fourth-order valence-electron chi connectivity index (χ4n) is 2.30. The third-order valence-electron chi connectivity index (χ3n) is 3.64. The summed E-state index contributed by atoms with van der Waals surface area (Å²) in [6.07, 6.45) is -0.874. The van der Waals surface area contributed by atoms with Crippen LogP contribution in [-0.4, -0.2) is 31.4 Å². The van der Waals surface area contributed by atoms with Gasteiger partial charge in [-0.3, -0.25) is 9.59 Å². The van der Waals surface area contributed by atoms with Crippen LogP contribution in [0.4, 0.5) is 5.69 Å². The molecule has 2 aromatic rings. The molecule has 136 valence electrons. The summed E-state index contributed by atoms with van der Waals surface area (Å²) in [6.45, 7) is 1.85. The quantitative estimate of drug-likeness (QED) is 0.767. The van der Waals surface area contributed by atoms with Crippen LogP contribution in [0.5, 0.6) is 17.2 Å². The lowest BCUT2D eigenvalue weighted by Crippen LogP contribution is -2.30. The molecule has 3 rings (SSSR count). The Labute approximate surface area is 150 Å². The van der Waals surface area contributed by atoms with E-state index < -0.39 is 18.0 Å². The molecule has 1 amide bonds. The maximum absolute atomic E-state index is 12.2. The van der Waals surface area contributed by atoms with Crippen LogP contribution < -0.4 is 19.5 Å². The Kier molecular flexibility index (Phi) is 5.58. The standard InChI is InChI=1S/C19H19NO6/c1-13(26-18(21)9-10-23-15-5-3-2-4-6-15)19(22)20-14-7-8-16-17(11-14)25-12-24-16/h2-8,11,13H,9-10,12H2,1H3,(H,20,22)/t13-/m0/s1. The van der Waals surface area contributed by atoms with Crippen molar-refractivity contribution >= 4 is 17.6 Å². The van der Waals surface area contributed by atoms with Gasteiger partial charge in [-0.15, -0.1) is 0 Å². The first-order valence-electron chi connectivity index (χ1n) is 8.19. The molecule has 0 unspecified atom stereocenters. The lowest BCUT2D eigenvalue weighted by atomic mass is 10.2. The van der Waals surface area contributed by atoms with Crippen LogP contribution >= 0.6 is 0 Å². The van der Waals surface area contributed by atoms with Gasteiger partial charge in [-0.25, -0.2) is 0 Å². The average Bonchev–Trinajstić information content (AvgIpc) is 3.10. The van der Waals surface area contributed by atoms with E-state index in [9.17, 15) is 9.59 Å². The Morgan fingerprint density at radius 1 is 1.12 bits per heavy atom. The molecule has 0 radical (unpaired) electrons. The lowest BCUT2D eigenvalue weighted by Gasteiger charge is -2.14. The first-order chi connectivity index (χ1) is 12.6. The lowest BCUT2D eigenvalue weighted by molar-refractivity contribution is -0.153. The minimum absolute atomic E-state index is 0.0521. The van der Waals surface area contributed by atoms with Crippen molar-refractivity contribution in [3.05, 3.63) is 48.5 Å². The number of carbonyl (C=O) groups excluding carboxylic acids is 2. The van der Waals surface area contributed by atoms with Gasteiger partial charge in [0, 0.05) is 11.8 Å². The first kappa shape index (κ1) is 17.6. The zero-order chi connectivity index (χ0) is 18.4. The van der Waals surface area contributed by atoms with Crippen LogP contribution in [0.15, 0.2) is 48.5 Å². The van der Waals surface area contributed by atoms with Crippen molar-refractivity contribution in [3.8, 4) is 17.2 Å². The van der Waals surface area contributed by atoms with Crippen LogP contribution in [0.1, 0.15) is 13.3 Å². The largest absolute Gasteiger partial charge is 0.493 e. The number of esters is 1. The number of anilines is 1. The predicted octanol–water partition coefficient (Wildman–Crippen LogP) is 2.75. The van der Waals surface area contributed by atoms with E-state index in [0.717, 1.165) is 0 Å². The fraction of sp³-hybridized carbons (Fsp3) is 0.263. The summed E-state index contributed by atoms with van der Waals surface area (Å²) < 4.78 is 21.0. The molecule has 1 heterocycles. The van der Waals surface area contributed by atoms with E-state index in [1.807, 2.05) is 18.2 Å². The molecular weight excluding hydrogens is 338 g/mol. The highest BCUT2D eigenvalue weighted by Gasteiger charge is 2.19. The second-order valence-corrected chi connectivity index (χ2v) is 5.60. The van der Waals surface area contributed by atoms with Crippen molar-refractivity contribution in [3.63, 3.8) is 0 Å². The smallest absolute Gasteiger partial charge is 0.310 e. The van der Waals surface area contributed by atoms with E-state index in [-0.39, 0.29) is 19.8 Å². The summed E-state index contributed by atoms with van der Waals surface area (Å²) in [4.78, 5) is 24.0. The van der Waals surface area contributed by atoms with Gasteiger partial charge in [0.1, 0.15) is 5.75 Å². The average molecular weight is 357 g/mol. The monoisotopic (exact) mass is 357 g/mol. The molecule has 2 aromatic carbocycles. The Hall–Kier alpha value is -3.22. The maximum atomic E-state index is 12.2. The first-order valence-corrected chi connectivity index (χ1v) is 8.19. The molecule has 26 heavy (non-hydrogen) atoms. The van der Waals surface area contributed by atoms with Crippen LogP contribution in [0.2, 0.25) is 0 Å². The molecule has 1 aliphatic rings. The molecule has 7 nitrogen and oxygen atoms in total. The zero-order valence-corrected chi connectivity index (χ0v) is 14.3. The van der Waals surface area contributed by atoms with Crippen molar-refractivity contribution in [2.24, 2.45) is 0 Å². The van der Waals surface area contributed by atoms with Crippen molar-refractivity contribution in [1.82, 2.24) is 0 Å². The molecular formula is C19H19NO6. The highest BCUT2D eigenvalue weighted by molar-refractivity contribution is 5.95. The summed E-state index contributed by atoms with van der Waals surface area (Å²) >= 11 is 0. The molecule has 0 saturated heterocycles. The second kappa shape index (κ2) is 8.24. The number of hydrogen-bond acceptors (Lipinski definition) is 6. The number of rotatable bonds is 7. The van der Waals surface area contributed by atoms with Crippen LogP contribution in [0, 0.1) is 0 Å². The predicted molar refractivity (Wildman–Crippen MR) is 93.3 cm³/mol. The topological polar surface area (TPSA) is 83.1 Å². The minimum Gasteiger partial charge on any atom is -0.493 e. The Balaban J connectivity index is 1.42. The Morgan fingerprint density at radius 2 is 1.88 bits per heavy atom. The van der Waals surface area contributed by atoms with E-state index in [1.165, 1.54) is 6.92 Å². The Morgan fingerprint density at radius 3 is 2.69 bits per heavy atom. The molecule has 0 aliphatic carbocycles. The van der Waals surface area contributed by atoms with Crippen molar-refractivity contribution < 1.29 is 28.5 Å². The van der Waals surface area contributed by atoms with Gasteiger partial charge in [-0.1, -0.05) is 18.2 Å². The fourth-order valence-corrected chi connectivity index (χ4v) is 2.30. The third-order valence-corrected chi connectivity index (χ3v) is 3.64. The highest BCUT2D eigenvalue weighted by Crippen LogP contribution is 2.34. The number of ether oxygens (including phenoxy) is 4. The molecule has 1 N–H and O–H groups in total. The third kappa shape index (κ3) is 4.66. The van der Waals surface area contributed by atoms with Crippen LogP contribution in [0.3, 0.4) is 0 Å². The molecule has 0 saturated carbocycles. The molecule has 0 fully saturated rings.